The van der Waals surface area contributed by atoms with E-state index >= 15 is 0 Å². The summed E-state index contributed by atoms with van der Waals surface area (Å²) in [5.41, 5.74) is 2.50. The van der Waals surface area contributed by atoms with Gasteiger partial charge in [0.05, 0.1) is 0 Å². The van der Waals surface area contributed by atoms with Crippen LogP contribution in [0.4, 0.5) is 17.1 Å². The highest BCUT2D eigenvalue weighted by molar-refractivity contribution is 7.99. The number of guanidine groups is 1. The monoisotopic (exact) mass is 559 g/mol. The summed E-state index contributed by atoms with van der Waals surface area (Å²) in [5, 5.41) is 11.7. The molecule has 1 heterocycles. The third-order valence-corrected chi connectivity index (χ3v) is 6.20. The van der Waals surface area contributed by atoms with Crippen molar-refractivity contribution in [1.82, 2.24) is 10.3 Å². The zero-order valence-electron chi connectivity index (χ0n) is 22.5. The number of pyridine rings is 1. The number of ether oxygens (including phenoxy) is 1. The minimum Gasteiger partial charge on any atom is -0.457 e. The summed E-state index contributed by atoms with van der Waals surface area (Å²) < 4.78 is 5.88. The Morgan fingerprint density at radius 3 is 2.58 bits per heavy atom. The molecule has 3 aromatic rings. The van der Waals surface area contributed by atoms with E-state index in [9.17, 15) is 9.59 Å². The smallest absolute Gasteiger partial charge is 0.269 e. The van der Waals surface area contributed by atoms with Crippen LogP contribution >= 0.6 is 11.8 Å². The summed E-state index contributed by atoms with van der Waals surface area (Å²) in [6.45, 7) is 5.87. The van der Waals surface area contributed by atoms with Crippen molar-refractivity contribution in [2.45, 2.75) is 13.3 Å². The number of benzene rings is 2. The Bertz CT molecular complexity index is 1340. The Hall–Kier alpha value is -4.64. The second-order valence-electron chi connectivity index (χ2n) is 8.18. The molecule has 208 valence electrons. The lowest BCUT2D eigenvalue weighted by Gasteiger charge is -2.10. The zero-order chi connectivity index (χ0) is 28.6. The maximum atomic E-state index is 11.8. The summed E-state index contributed by atoms with van der Waals surface area (Å²) in [6, 6.07) is 17.9. The summed E-state index contributed by atoms with van der Waals surface area (Å²) in [5.74, 6) is 2.83. The van der Waals surface area contributed by atoms with Gasteiger partial charge in [-0.25, -0.2) is 9.98 Å². The summed E-state index contributed by atoms with van der Waals surface area (Å²) in [7, 11) is 1.55. The summed E-state index contributed by atoms with van der Waals surface area (Å²) in [6.07, 6.45) is 5.69. The van der Waals surface area contributed by atoms with Gasteiger partial charge in [-0.1, -0.05) is 19.6 Å². The number of aliphatic imine (C=N–C) groups is 2. The topological polar surface area (TPSA) is 129 Å². The molecule has 10 nitrogen and oxygen atoms in total. The number of hydrogen-bond acceptors (Lipinski definition) is 7. The molecule has 1 aromatic heterocycles. The van der Waals surface area contributed by atoms with Crippen LogP contribution < -0.4 is 26.0 Å². The normalized spacial score (nSPS) is 11.1. The number of carbonyl (C=O) groups is 2. The van der Waals surface area contributed by atoms with E-state index in [2.05, 4.69) is 49.7 Å². The zero-order valence-corrected chi connectivity index (χ0v) is 23.3. The number of carbonyl (C=O) groups excluding carboxylic acids is 2. The average Bonchev–Trinajstić information content (AvgIpc) is 2.97. The van der Waals surface area contributed by atoms with Gasteiger partial charge in [-0.05, 0) is 66.8 Å². The summed E-state index contributed by atoms with van der Waals surface area (Å²) >= 11 is 1.80. The number of amides is 2. The Balaban J connectivity index is 1.66. The van der Waals surface area contributed by atoms with Gasteiger partial charge in [0, 0.05) is 48.3 Å². The SMILES string of the molecule is C=CC(=O)Nc1cccc(NCN=C(N=CCSCCC)Nc2ccc(Oc3ccnc(C(=O)NC)c3)cc2)c1. The first-order valence-corrected chi connectivity index (χ1v) is 13.8. The van der Waals surface area contributed by atoms with Crippen LogP contribution in [-0.2, 0) is 4.79 Å². The molecule has 0 saturated carbocycles. The van der Waals surface area contributed by atoms with Gasteiger partial charge in [-0.3, -0.25) is 14.6 Å². The molecule has 0 spiro atoms. The minimum absolute atomic E-state index is 0.261. The highest BCUT2D eigenvalue weighted by Gasteiger charge is 2.07. The Morgan fingerprint density at radius 1 is 1.02 bits per heavy atom. The molecule has 0 aliphatic rings. The van der Waals surface area contributed by atoms with E-state index in [1.165, 1.54) is 12.3 Å². The molecule has 0 bridgehead atoms. The molecular formula is C29H33N7O3S. The lowest BCUT2D eigenvalue weighted by atomic mass is 10.2. The molecule has 0 fully saturated rings. The fourth-order valence-corrected chi connectivity index (χ4v) is 3.86. The predicted octanol–water partition coefficient (Wildman–Crippen LogP) is 5.41. The van der Waals surface area contributed by atoms with Crippen LogP contribution in [0.1, 0.15) is 23.8 Å². The molecule has 0 radical (unpaired) electrons. The molecule has 2 amide bonds. The van der Waals surface area contributed by atoms with Crippen molar-refractivity contribution in [2.24, 2.45) is 9.98 Å². The second kappa shape index (κ2) is 16.4. The van der Waals surface area contributed by atoms with Crippen molar-refractivity contribution >= 4 is 52.8 Å². The van der Waals surface area contributed by atoms with Crippen molar-refractivity contribution in [2.75, 3.05) is 41.2 Å². The van der Waals surface area contributed by atoms with Gasteiger partial charge in [0.1, 0.15) is 23.9 Å². The van der Waals surface area contributed by atoms with Crippen LogP contribution in [0.3, 0.4) is 0 Å². The van der Waals surface area contributed by atoms with E-state index in [4.69, 9.17) is 4.74 Å². The van der Waals surface area contributed by atoms with Crippen LogP contribution in [0, 0.1) is 0 Å². The van der Waals surface area contributed by atoms with Gasteiger partial charge in [0.25, 0.3) is 5.91 Å². The fourth-order valence-electron chi connectivity index (χ4n) is 3.22. The Morgan fingerprint density at radius 2 is 1.82 bits per heavy atom. The molecule has 0 aliphatic heterocycles. The van der Waals surface area contributed by atoms with Crippen molar-refractivity contribution in [3.63, 3.8) is 0 Å². The number of thioether (sulfide) groups is 1. The van der Waals surface area contributed by atoms with Crippen LogP contribution in [0.5, 0.6) is 11.5 Å². The largest absolute Gasteiger partial charge is 0.457 e. The number of aromatic nitrogens is 1. The first kappa shape index (κ1) is 29.9. The van der Waals surface area contributed by atoms with Gasteiger partial charge in [0.15, 0.2) is 0 Å². The Labute approximate surface area is 238 Å². The van der Waals surface area contributed by atoms with Crippen LogP contribution in [0.2, 0.25) is 0 Å². The maximum Gasteiger partial charge on any atom is 0.269 e. The summed E-state index contributed by atoms with van der Waals surface area (Å²) in [4.78, 5) is 36.5. The lowest BCUT2D eigenvalue weighted by molar-refractivity contribution is -0.111. The molecular weight excluding hydrogens is 526 g/mol. The first-order chi connectivity index (χ1) is 19.5. The van der Waals surface area contributed by atoms with Gasteiger partial charge in [-0.2, -0.15) is 11.8 Å². The van der Waals surface area contributed by atoms with E-state index in [1.54, 1.807) is 37.0 Å². The number of anilines is 3. The highest BCUT2D eigenvalue weighted by Crippen LogP contribution is 2.23. The van der Waals surface area contributed by atoms with Gasteiger partial charge < -0.3 is 26.0 Å². The van der Waals surface area contributed by atoms with Crippen molar-refractivity contribution in [3.8, 4) is 11.5 Å². The second-order valence-corrected chi connectivity index (χ2v) is 9.33. The van der Waals surface area contributed by atoms with E-state index in [1.807, 2.05) is 48.7 Å². The van der Waals surface area contributed by atoms with Crippen LogP contribution in [-0.4, -0.2) is 54.2 Å². The van der Waals surface area contributed by atoms with Crippen LogP contribution in [0.25, 0.3) is 0 Å². The maximum absolute atomic E-state index is 11.8. The highest BCUT2D eigenvalue weighted by atomic mass is 32.2. The van der Waals surface area contributed by atoms with E-state index in [0.29, 0.717) is 23.1 Å². The molecule has 11 heteroatoms. The van der Waals surface area contributed by atoms with E-state index in [0.717, 1.165) is 29.3 Å². The van der Waals surface area contributed by atoms with E-state index in [-0.39, 0.29) is 24.2 Å². The lowest BCUT2D eigenvalue weighted by Crippen LogP contribution is -2.18. The van der Waals surface area contributed by atoms with Crippen molar-refractivity contribution in [1.29, 1.82) is 0 Å². The molecule has 0 unspecified atom stereocenters. The molecule has 0 saturated heterocycles. The molecule has 2 aromatic carbocycles. The molecule has 3 rings (SSSR count). The van der Waals surface area contributed by atoms with Crippen molar-refractivity contribution < 1.29 is 14.3 Å². The quantitative estimate of drug-likeness (QED) is 0.0954. The van der Waals surface area contributed by atoms with E-state index < -0.39 is 0 Å². The number of hydrogen-bond donors (Lipinski definition) is 4. The molecule has 40 heavy (non-hydrogen) atoms. The number of nitrogens with zero attached hydrogens (tertiary/aromatic N) is 3. The molecule has 0 atom stereocenters. The van der Waals surface area contributed by atoms with Crippen LogP contribution in [0.15, 0.2) is 89.5 Å². The third-order valence-electron chi connectivity index (χ3n) is 5.12. The van der Waals surface area contributed by atoms with Crippen molar-refractivity contribution in [3.05, 3.63) is 85.2 Å². The molecule has 4 N–H and O–H groups in total. The number of nitrogens with one attached hydrogen (secondary N) is 4. The minimum atomic E-state index is -0.285. The van der Waals surface area contributed by atoms with Gasteiger partial charge in [0.2, 0.25) is 11.9 Å². The first-order valence-electron chi connectivity index (χ1n) is 12.7. The number of rotatable bonds is 13. The standard InChI is InChI=1S/C29H33N7O3S/c1-4-16-40-17-15-32-29(34-20-33-22-7-6-8-23(18-22)35-27(37)5-2)36-21-9-11-24(12-10-21)39-25-13-14-31-26(19-25)28(38)30-3/h5-15,18-19,33H,2,4,16-17,20H2,1,3H3,(H,30,38)(H,34,36)(H,35,37). The average molecular weight is 560 g/mol. The fraction of sp³-hybridized carbons (Fsp3) is 0.207. The Kier molecular flexibility index (Phi) is 12.2. The predicted molar refractivity (Wildman–Crippen MR) is 165 cm³/mol. The molecule has 0 aliphatic carbocycles. The third kappa shape index (κ3) is 10.3. The van der Waals surface area contributed by atoms with Gasteiger partial charge in [-0.15, -0.1) is 0 Å². The van der Waals surface area contributed by atoms with Gasteiger partial charge >= 0.3 is 0 Å².